The summed E-state index contributed by atoms with van der Waals surface area (Å²) in [4.78, 5) is 12.3. The van der Waals surface area contributed by atoms with Gasteiger partial charge in [0.05, 0.1) is 10.7 Å². The van der Waals surface area contributed by atoms with Gasteiger partial charge in [-0.3, -0.25) is 4.79 Å². The average Bonchev–Trinajstić information content (AvgIpc) is 2.79. The van der Waals surface area contributed by atoms with E-state index in [0.717, 1.165) is 10.6 Å². The van der Waals surface area contributed by atoms with Gasteiger partial charge in [0.2, 0.25) is 0 Å². The van der Waals surface area contributed by atoms with Crippen LogP contribution in [0.25, 0.3) is 0 Å². The molecule has 0 aliphatic carbocycles. The molecule has 0 aliphatic heterocycles. The van der Waals surface area contributed by atoms with Crippen molar-refractivity contribution in [3.63, 3.8) is 0 Å². The van der Waals surface area contributed by atoms with Crippen molar-refractivity contribution in [3.8, 4) is 0 Å². The van der Waals surface area contributed by atoms with E-state index in [1.54, 1.807) is 6.07 Å². The normalized spacial score (nSPS) is 10.3. The monoisotopic (exact) mass is 309 g/mol. The van der Waals surface area contributed by atoms with Gasteiger partial charge in [0.25, 0.3) is 5.91 Å². The number of thiophene rings is 1. The quantitative estimate of drug-likeness (QED) is 0.793. The Morgan fingerprint density at radius 3 is 2.85 bits per heavy atom. The van der Waals surface area contributed by atoms with Crippen molar-refractivity contribution in [2.24, 2.45) is 0 Å². The lowest BCUT2D eigenvalue weighted by molar-refractivity contribution is 0.0960. The first kappa shape index (κ1) is 14.7. The molecule has 0 unspecified atom stereocenters. The number of anilines is 2. The molecule has 0 radical (unpaired) electrons. The van der Waals surface area contributed by atoms with Crippen LogP contribution < -0.4 is 16.4 Å². The van der Waals surface area contributed by atoms with Crippen LogP contribution in [0.1, 0.15) is 22.2 Å². The second kappa shape index (κ2) is 6.63. The Kier molecular flexibility index (Phi) is 4.87. The maximum absolute atomic E-state index is 11.8. The standard InChI is InChI=1S/C14H16ClN3OS/c1-2-17-14(19)13-11(16)7-12(20-13)18-8-9-5-3-4-6-10(9)15/h3-7,18H,2,8,16H2,1H3,(H,17,19). The Bertz CT molecular complexity index is 612. The van der Waals surface area contributed by atoms with Crippen molar-refractivity contribution in [1.82, 2.24) is 5.32 Å². The molecule has 0 saturated heterocycles. The van der Waals surface area contributed by atoms with Crippen molar-refractivity contribution in [2.45, 2.75) is 13.5 Å². The van der Waals surface area contributed by atoms with Crippen molar-refractivity contribution in [1.29, 1.82) is 0 Å². The number of nitrogens with one attached hydrogen (secondary N) is 2. The molecular formula is C14H16ClN3OS. The summed E-state index contributed by atoms with van der Waals surface area (Å²) < 4.78 is 0. The van der Waals surface area contributed by atoms with Crippen molar-refractivity contribution < 1.29 is 4.79 Å². The minimum Gasteiger partial charge on any atom is -0.397 e. The third-order valence-corrected chi connectivity index (χ3v) is 4.19. The molecule has 4 N–H and O–H groups in total. The van der Waals surface area contributed by atoms with Crippen molar-refractivity contribution in [2.75, 3.05) is 17.6 Å². The topological polar surface area (TPSA) is 67.2 Å². The predicted octanol–water partition coefficient (Wildman–Crippen LogP) is 3.35. The smallest absolute Gasteiger partial charge is 0.263 e. The molecule has 1 aromatic carbocycles. The lowest BCUT2D eigenvalue weighted by Gasteiger charge is -2.05. The molecule has 0 bridgehead atoms. The SMILES string of the molecule is CCNC(=O)c1sc(NCc2ccccc2Cl)cc1N. The van der Waals surface area contributed by atoms with Gasteiger partial charge >= 0.3 is 0 Å². The lowest BCUT2D eigenvalue weighted by atomic mass is 10.2. The number of carbonyl (C=O) groups is 1. The zero-order valence-corrected chi connectivity index (χ0v) is 12.6. The molecule has 1 amide bonds. The van der Waals surface area contributed by atoms with Crippen molar-refractivity contribution >= 4 is 39.5 Å². The van der Waals surface area contributed by atoms with Crippen LogP contribution >= 0.6 is 22.9 Å². The Hall–Kier alpha value is -1.72. The van der Waals surface area contributed by atoms with E-state index in [1.165, 1.54) is 11.3 Å². The van der Waals surface area contributed by atoms with Gasteiger partial charge in [0, 0.05) is 18.1 Å². The molecule has 2 aromatic rings. The summed E-state index contributed by atoms with van der Waals surface area (Å²) in [5.74, 6) is -0.138. The lowest BCUT2D eigenvalue weighted by Crippen LogP contribution is -2.22. The first-order chi connectivity index (χ1) is 9.61. The molecule has 2 rings (SSSR count). The molecule has 0 aliphatic rings. The van der Waals surface area contributed by atoms with Gasteiger partial charge in [-0.15, -0.1) is 11.3 Å². The summed E-state index contributed by atoms with van der Waals surface area (Å²) in [7, 11) is 0. The molecule has 0 saturated carbocycles. The number of halogens is 1. The maximum atomic E-state index is 11.8. The molecule has 106 valence electrons. The Morgan fingerprint density at radius 1 is 1.40 bits per heavy atom. The highest BCUT2D eigenvalue weighted by molar-refractivity contribution is 7.18. The van der Waals surface area contributed by atoms with E-state index >= 15 is 0 Å². The van der Waals surface area contributed by atoms with Crippen LogP contribution in [0.15, 0.2) is 30.3 Å². The molecule has 0 spiro atoms. The molecule has 4 nitrogen and oxygen atoms in total. The van der Waals surface area contributed by atoms with Gasteiger partial charge in [-0.1, -0.05) is 29.8 Å². The van der Waals surface area contributed by atoms with Crippen LogP contribution in [-0.4, -0.2) is 12.5 Å². The molecule has 20 heavy (non-hydrogen) atoms. The number of hydrogen-bond acceptors (Lipinski definition) is 4. The van der Waals surface area contributed by atoms with Crippen LogP contribution in [0.4, 0.5) is 10.7 Å². The van der Waals surface area contributed by atoms with Gasteiger partial charge in [-0.2, -0.15) is 0 Å². The molecule has 1 heterocycles. The number of rotatable bonds is 5. The fourth-order valence-electron chi connectivity index (χ4n) is 1.73. The number of amides is 1. The molecule has 1 aromatic heterocycles. The Labute approximate surface area is 126 Å². The Balaban J connectivity index is 2.06. The van der Waals surface area contributed by atoms with Gasteiger partial charge in [0.1, 0.15) is 4.88 Å². The number of nitrogen functional groups attached to an aromatic ring is 1. The van der Waals surface area contributed by atoms with E-state index in [-0.39, 0.29) is 5.91 Å². The van der Waals surface area contributed by atoms with E-state index in [9.17, 15) is 4.79 Å². The van der Waals surface area contributed by atoms with Gasteiger partial charge in [-0.05, 0) is 24.6 Å². The second-order valence-corrected chi connectivity index (χ2v) is 5.66. The summed E-state index contributed by atoms with van der Waals surface area (Å²) in [5, 5.41) is 7.54. The minimum absolute atomic E-state index is 0.138. The highest BCUT2D eigenvalue weighted by atomic mass is 35.5. The van der Waals surface area contributed by atoms with Gasteiger partial charge < -0.3 is 16.4 Å². The molecule has 0 atom stereocenters. The summed E-state index contributed by atoms with van der Waals surface area (Å²) >= 11 is 7.43. The fraction of sp³-hybridized carbons (Fsp3) is 0.214. The van der Waals surface area contributed by atoms with Crippen LogP contribution in [0.2, 0.25) is 5.02 Å². The Morgan fingerprint density at radius 2 is 2.15 bits per heavy atom. The zero-order chi connectivity index (χ0) is 14.5. The number of nitrogens with two attached hydrogens (primary N) is 1. The highest BCUT2D eigenvalue weighted by Gasteiger charge is 2.13. The highest BCUT2D eigenvalue weighted by Crippen LogP contribution is 2.29. The third kappa shape index (κ3) is 3.43. The summed E-state index contributed by atoms with van der Waals surface area (Å²) in [6.45, 7) is 3.05. The predicted molar refractivity (Wildman–Crippen MR) is 85.5 cm³/mol. The van der Waals surface area contributed by atoms with Gasteiger partial charge in [-0.25, -0.2) is 0 Å². The number of hydrogen-bond donors (Lipinski definition) is 3. The largest absolute Gasteiger partial charge is 0.397 e. The summed E-state index contributed by atoms with van der Waals surface area (Å²) in [5.41, 5.74) is 7.34. The number of benzene rings is 1. The summed E-state index contributed by atoms with van der Waals surface area (Å²) in [6, 6.07) is 9.40. The van der Waals surface area contributed by atoms with Crippen molar-refractivity contribution in [3.05, 3.63) is 45.8 Å². The maximum Gasteiger partial charge on any atom is 0.263 e. The first-order valence-electron chi connectivity index (χ1n) is 6.26. The first-order valence-corrected chi connectivity index (χ1v) is 7.46. The number of carbonyl (C=O) groups excluding carboxylic acids is 1. The molecular weight excluding hydrogens is 294 g/mol. The minimum atomic E-state index is -0.138. The van der Waals surface area contributed by atoms with Crippen LogP contribution in [-0.2, 0) is 6.54 Å². The van der Waals surface area contributed by atoms with Crippen LogP contribution in [0.5, 0.6) is 0 Å². The fourth-order valence-corrected chi connectivity index (χ4v) is 2.83. The average molecular weight is 310 g/mol. The van der Waals surface area contributed by atoms with Crippen LogP contribution in [0.3, 0.4) is 0 Å². The van der Waals surface area contributed by atoms with E-state index in [0.29, 0.717) is 28.7 Å². The van der Waals surface area contributed by atoms with Crippen LogP contribution in [0, 0.1) is 0 Å². The van der Waals surface area contributed by atoms with E-state index in [1.807, 2.05) is 31.2 Å². The molecule has 0 fully saturated rings. The van der Waals surface area contributed by atoms with E-state index in [2.05, 4.69) is 10.6 Å². The summed E-state index contributed by atoms with van der Waals surface area (Å²) in [6.07, 6.45) is 0. The zero-order valence-electron chi connectivity index (χ0n) is 11.1. The second-order valence-electron chi connectivity index (χ2n) is 4.20. The van der Waals surface area contributed by atoms with E-state index in [4.69, 9.17) is 17.3 Å². The molecule has 6 heteroatoms. The van der Waals surface area contributed by atoms with Gasteiger partial charge in [0.15, 0.2) is 0 Å². The third-order valence-electron chi connectivity index (χ3n) is 2.72. The van der Waals surface area contributed by atoms with E-state index < -0.39 is 0 Å².